The smallest absolute Gasteiger partial charge is 0.464 e. The third-order valence-corrected chi connectivity index (χ3v) is 12.3. The van der Waals surface area contributed by atoms with Crippen LogP contribution in [0.2, 0.25) is 0 Å². The molecule has 24 heteroatoms. The Labute approximate surface area is 434 Å². The normalized spacial score (nSPS) is 14.0. The largest absolute Gasteiger partial charge is 0.494 e. The number of methoxy groups -OCH3 is 2. The van der Waals surface area contributed by atoms with Gasteiger partial charge >= 0.3 is 31.2 Å². The van der Waals surface area contributed by atoms with E-state index in [-0.39, 0.29) is 17.5 Å². The first-order chi connectivity index (χ1) is 34.5. The van der Waals surface area contributed by atoms with E-state index in [4.69, 9.17) is 32.6 Å². The van der Waals surface area contributed by atoms with Crippen molar-refractivity contribution in [2.45, 2.75) is 105 Å². The molecule has 0 atom stereocenters. The molecule has 0 spiro atoms. The zero-order valence-electron chi connectivity index (χ0n) is 44.1. The Morgan fingerprint density at radius 1 is 0.608 bits per heavy atom. The van der Waals surface area contributed by atoms with Crippen LogP contribution in [0.3, 0.4) is 0 Å². The third kappa shape index (κ3) is 11.7. The number of carbonyl (C=O) groups excluding carboxylic acids is 4. The molecule has 0 amide bonds. The molecule has 6 aromatic heterocycles. The van der Waals surface area contributed by atoms with Gasteiger partial charge in [-0.15, -0.1) is 0 Å². The lowest BCUT2D eigenvalue weighted by Crippen LogP contribution is -2.41. The van der Waals surface area contributed by atoms with E-state index in [1.807, 2.05) is 84.9 Å². The number of hydrogen-bond donors (Lipinski definition) is 0. The van der Waals surface area contributed by atoms with Gasteiger partial charge in [-0.1, -0.05) is 28.5 Å². The molecule has 1 saturated heterocycles. The van der Waals surface area contributed by atoms with Crippen molar-refractivity contribution in [3.63, 3.8) is 0 Å². The second-order valence-electron chi connectivity index (χ2n) is 20.2. The molecule has 0 unspecified atom stereocenters. The minimum atomic E-state index is -0.686. The van der Waals surface area contributed by atoms with Crippen LogP contribution in [0, 0.1) is 13.8 Å². The lowest BCUT2D eigenvalue weighted by Gasteiger charge is -2.32. The number of nitrogens with zero attached hydrogens (tertiary/aromatic N) is 10. The van der Waals surface area contributed by atoms with E-state index >= 15 is 0 Å². The molecule has 390 valence electrons. The van der Waals surface area contributed by atoms with Crippen molar-refractivity contribution in [2.75, 3.05) is 14.2 Å². The first-order valence-electron chi connectivity index (χ1n) is 23.1. The van der Waals surface area contributed by atoms with Crippen molar-refractivity contribution < 1.29 is 56.5 Å². The van der Waals surface area contributed by atoms with Gasteiger partial charge < -0.3 is 37.3 Å². The zero-order chi connectivity index (χ0) is 54.4. The Balaban J connectivity index is 0.000000180. The van der Waals surface area contributed by atoms with E-state index in [1.165, 1.54) is 23.4 Å². The summed E-state index contributed by atoms with van der Waals surface area (Å²) in [6.07, 6.45) is -1.07. The van der Waals surface area contributed by atoms with Gasteiger partial charge in [0.15, 0.2) is 23.0 Å². The SMILES string of the molecule is COC(=O)c1cc(-c2ccc3c(c2)cc(-c2nc(C)no2)n3C(=O)OC(C)(C)C)n(C)n1.COC(=O)c1cc(Br)n(C)n1.Cc1noc(-c2cc3cc(B4OC(C)(C)C(C)(C)O4)ccc3n2C(=O)OC(C)(C)C)n1. The summed E-state index contributed by atoms with van der Waals surface area (Å²) in [5.74, 6) is 0.446. The number of aromatic nitrogens is 10. The van der Waals surface area contributed by atoms with E-state index in [9.17, 15) is 19.2 Å². The fourth-order valence-electron chi connectivity index (χ4n) is 7.45. The van der Waals surface area contributed by atoms with Crippen LogP contribution in [0.1, 0.15) is 102 Å². The summed E-state index contributed by atoms with van der Waals surface area (Å²) in [5.41, 5.74) is 2.84. The van der Waals surface area contributed by atoms with Crippen molar-refractivity contribution in [3.8, 4) is 34.4 Å². The molecule has 9 rings (SSSR count). The number of carbonyl (C=O) groups is 4. The minimum Gasteiger partial charge on any atom is -0.464 e. The van der Waals surface area contributed by atoms with Crippen LogP contribution in [0.15, 0.2) is 74.3 Å². The third-order valence-electron chi connectivity index (χ3n) is 11.6. The molecular weight excluding hydrogens is 1020 g/mol. The highest BCUT2D eigenvalue weighted by Crippen LogP contribution is 2.38. The van der Waals surface area contributed by atoms with Crippen LogP contribution in [0.25, 0.3) is 56.2 Å². The Bertz CT molecular complexity index is 3380. The Kier molecular flexibility index (Phi) is 15.0. The van der Waals surface area contributed by atoms with Crippen molar-refractivity contribution in [1.82, 2.24) is 49.0 Å². The van der Waals surface area contributed by atoms with Crippen LogP contribution in [-0.4, -0.2) is 117 Å². The van der Waals surface area contributed by atoms with Crippen LogP contribution in [-0.2, 0) is 42.4 Å². The molecule has 0 aliphatic carbocycles. The highest BCUT2D eigenvalue weighted by molar-refractivity contribution is 9.10. The molecular formula is C50H58BBrN10O12. The molecule has 0 N–H and O–H groups in total. The quantitative estimate of drug-likeness (QED) is 0.0855. The van der Waals surface area contributed by atoms with Gasteiger partial charge in [-0.2, -0.15) is 20.2 Å². The lowest BCUT2D eigenvalue weighted by atomic mass is 9.78. The Hall–Kier alpha value is -7.44. The first kappa shape index (κ1) is 54.3. The van der Waals surface area contributed by atoms with Crippen molar-refractivity contribution >= 4 is 74.4 Å². The summed E-state index contributed by atoms with van der Waals surface area (Å²) < 4.78 is 50.2. The highest BCUT2D eigenvalue weighted by Gasteiger charge is 2.51. The maximum atomic E-state index is 13.0. The molecule has 1 aliphatic rings. The molecule has 22 nitrogen and oxygen atoms in total. The maximum absolute atomic E-state index is 13.0. The van der Waals surface area contributed by atoms with Crippen molar-refractivity contribution in [3.05, 3.63) is 88.3 Å². The van der Waals surface area contributed by atoms with Crippen LogP contribution in [0.5, 0.6) is 0 Å². The summed E-state index contributed by atoms with van der Waals surface area (Å²) in [6, 6.07) is 18.1. The van der Waals surface area contributed by atoms with Crippen LogP contribution >= 0.6 is 15.9 Å². The van der Waals surface area contributed by atoms with Gasteiger partial charge in [0.05, 0.1) is 42.1 Å². The Morgan fingerprint density at radius 2 is 1.05 bits per heavy atom. The molecule has 0 bridgehead atoms. The van der Waals surface area contributed by atoms with E-state index in [0.717, 1.165) is 26.4 Å². The number of benzene rings is 2. The van der Waals surface area contributed by atoms with Gasteiger partial charge in [-0.05, 0) is 141 Å². The minimum absolute atomic E-state index is 0.207. The van der Waals surface area contributed by atoms with E-state index in [0.29, 0.717) is 45.5 Å². The number of aryl methyl sites for hydroxylation is 4. The summed E-state index contributed by atoms with van der Waals surface area (Å²) in [7, 11) is 5.60. The summed E-state index contributed by atoms with van der Waals surface area (Å²) in [6.45, 7) is 22.3. The van der Waals surface area contributed by atoms with Crippen molar-refractivity contribution in [1.29, 1.82) is 0 Å². The maximum Gasteiger partial charge on any atom is 0.494 e. The molecule has 8 aromatic rings. The molecule has 1 aliphatic heterocycles. The van der Waals surface area contributed by atoms with Crippen LogP contribution in [0.4, 0.5) is 9.59 Å². The second kappa shape index (κ2) is 20.5. The molecule has 0 radical (unpaired) electrons. The molecule has 0 saturated carbocycles. The van der Waals surface area contributed by atoms with E-state index < -0.39 is 53.6 Å². The van der Waals surface area contributed by atoms with Crippen molar-refractivity contribution in [2.24, 2.45) is 14.1 Å². The van der Waals surface area contributed by atoms with Gasteiger partial charge in [0.2, 0.25) is 0 Å². The molecule has 7 heterocycles. The van der Waals surface area contributed by atoms with E-state index in [1.54, 1.807) is 82.3 Å². The second-order valence-corrected chi connectivity index (χ2v) is 21.0. The predicted molar refractivity (Wildman–Crippen MR) is 275 cm³/mol. The van der Waals surface area contributed by atoms with Gasteiger partial charge in [0, 0.05) is 36.5 Å². The average molecular weight is 1080 g/mol. The predicted octanol–water partition coefficient (Wildman–Crippen LogP) is 9.02. The fourth-order valence-corrected chi connectivity index (χ4v) is 7.75. The molecule has 2 aromatic carbocycles. The van der Waals surface area contributed by atoms with E-state index in [2.05, 4.69) is 51.1 Å². The number of ether oxygens (including phenoxy) is 4. The topological polar surface area (TPSA) is 247 Å². The van der Waals surface area contributed by atoms with Gasteiger partial charge in [-0.25, -0.2) is 28.3 Å². The molecule has 74 heavy (non-hydrogen) atoms. The Morgan fingerprint density at radius 3 is 1.47 bits per heavy atom. The average Bonchev–Trinajstić information content (AvgIpc) is 4.19. The standard InChI is InChI=1S/C22H28BN3O5.C22H23N5O5.C6H7BrN2O2/c1-13-24-18(29-25-13)17-12-14-11-15(23-30-21(5,6)22(7,8)31-23)9-10-16(14)26(17)19(27)28-20(2,3)4;1-12-23-19(32-25-12)18-10-14-9-13(17-11-15(20(28)30-6)24-26(17)5)7-8-16(14)27(18)21(29)31-22(2,3)4;1-9-5(7)3-4(8-9)6(10)11-2/h9-12H,1-8H3;7-11H,1-6H3;3H,1-2H3. The number of hydrogen-bond acceptors (Lipinski definition) is 18. The van der Waals surface area contributed by atoms with Gasteiger partial charge in [0.25, 0.3) is 11.8 Å². The number of fused-ring (bicyclic) bond motifs is 2. The number of halogens is 1. The highest BCUT2D eigenvalue weighted by atomic mass is 79.9. The monoisotopic (exact) mass is 1080 g/mol. The summed E-state index contributed by atoms with van der Waals surface area (Å²) in [4.78, 5) is 57.4. The lowest BCUT2D eigenvalue weighted by molar-refractivity contribution is 0.00578. The summed E-state index contributed by atoms with van der Waals surface area (Å²) in [5, 5.41) is 17.3. The zero-order valence-corrected chi connectivity index (χ0v) is 45.7. The number of esters is 2. The van der Waals surface area contributed by atoms with Gasteiger partial charge in [-0.3, -0.25) is 9.36 Å². The fraction of sp³-hybridized carbons (Fsp3) is 0.400. The molecule has 1 fully saturated rings. The first-order valence-corrected chi connectivity index (χ1v) is 23.9. The van der Waals surface area contributed by atoms with Crippen LogP contribution < -0.4 is 5.46 Å². The number of rotatable bonds is 6. The summed E-state index contributed by atoms with van der Waals surface area (Å²) >= 11 is 3.21. The van der Waals surface area contributed by atoms with Gasteiger partial charge in [0.1, 0.15) is 27.2 Å².